The first-order valence-electron chi connectivity index (χ1n) is 5.59. The lowest BCUT2D eigenvalue weighted by Gasteiger charge is -2.23. The van der Waals surface area contributed by atoms with Gasteiger partial charge in [-0.15, -0.1) is 0 Å². The van der Waals surface area contributed by atoms with Gasteiger partial charge < -0.3 is 9.47 Å². The van der Waals surface area contributed by atoms with E-state index in [9.17, 15) is 16.8 Å². The minimum absolute atomic E-state index is 0.0671. The molecule has 0 aromatic heterocycles. The average Bonchev–Trinajstić information content (AvgIpc) is 2.19. The van der Waals surface area contributed by atoms with Crippen LogP contribution in [0.4, 0.5) is 0 Å². The van der Waals surface area contributed by atoms with Crippen molar-refractivity contribution in [1.29, 1.82) is 0 Å². The third kappa shape index (κ3) is 7.30. The van der Waals surface area contributed by atoms with Crippen molar-refractivity contribution in [3.05, 3.63) is 0 Å². The summed E-state index contributed by atoms with van der Waals surface area (Å²) in [4.78, 5) is 0. The summed E-state index contributed by atoms with van der Waals surface area (Å²) in [7, 11) is -5.59. The fourth-order valence-electron chi connectivity index (χ4n) is 1.48. The molecule has 8 heteroatoms. The highest BCUT2D eigenvalue weighted by Gasteiger charge is 2.33. The van der Waals surface area contributed by atoms with E-state index in [1.165, 1.54) is 7.11 Å². The van der Waals surface area contributed by atoms with Crippen molar-refractivity contribution in [2.24, 2.45) is 0 Å². The molecule has 110 valence electrons. The number of hydrogen-bond donors (Lipinski definition) is 0. The van der Waals surface area contributed by atoms with Crippen LogP contribution < -0.4 is 0 Å². The van der Waals surface area contributed by atoms with Crippen molar-refractivity contribution in [1.82, 2.24) is 0 Å². The van der Waals surface area contributed by atoms with Gasteiger partial charge in [-0.2, -0.15) is 0 Å². The minimum atomic E-state index is -3.53. The first-order chi connectivity index (χ1) is 8.11. The first-order valence-corrected chi connectivity index (χ1v) is 9.60. The number of rotatable bonds is 9. The molecule has 0 aliphatic carbocycles. The first kappa shape index (κ1) is 17.8. The molecule has 6 nitrogen and oxygen atoms in total. The molecule has 0 aliphatic heterocycles. The fourth-order valence-corrected chi connectivity index (χ4v) is 4.76. The Bertz CT molecular complexity index is 425. The molecule has 0 spiro atoms. The second kappa shape index (κ2) is 7.42. The van der Waals surface area contributed by atoms with Gasteiger partial charge in [0.05, 0.1) is 18.5 Å². The topological polar surface area (TPSA) is 86.7 Å². The highest BCUT2D eigenvalue weighted by atomic mass is 32.2. The predicted molar refractivity (Wildman–Crippen MR) is 70.2 cm³/mol. The molecule has 0 aromatic carbocycles. The van der Waals surface area contributed by atoms with Crippen LogP contribution in [0.15, 0.2) is 0 Å². The van der Waals surface area contributed by atoms with E-state index in [1.54, 1.807) is 0 Å². The summed E-state index contributed by atoms with van der Waals surface area (Å²) in [6.07, 6.45) is 2.03. The summed E-state index contributed by atoms with van der Waals surface area (Å²) < 4.78 is 56.1. The van der Waals surface area contributed by atoms with E-state index in [0.717, 1.165) is 18.9 Å². The van der Waals surface area contributed by atoms with Gasteiger partial charge in [-0.05, 0) is 6.42 Å². The molecular weight excluding hydrogens is 280 g/mol. The summed E-state index contributed by atoms with van der Waals surface area (Å²) in [6.45, 7) is 2.47. The molecule has 0 heterocycles. The summed E-state index contributed by atoms with van der Waals surface area (Å²) in [6, 6.07) is 0. The molecule has 18 heavy (non-hydrogen) atoms. The molecule has 0 rings (SSSR count). The average molecular weight is 302 g/mol. The zero-order chi connectivity index (χ0) is 14.4. The smallest absolute Gasteiger partial charge is 0.153 e. The van der Waals surface area contributed by atoms with Crippen LogP contribution >= 0.6 is 0 Å². The van der Waals surface area contributed by atoms with Gasteiger partial charge in [-0.3, -0.25) is 0 Å². The van der Waals surface area contributed by atoms with Gasteiger partial charge in [0, 0.05) is 26.2 Å². The SMILES string of the molecule is CCCOCC(OC)C(CS(C)(=O)=O)S(C)(=O)=O. The van der Waals surface area contributed by atoms with E-state index in [1.807, 2.05) is 6.92 Å². The highest BCUT2D eigenvalue weighted by molar-refractivity contribution is 7.94. The molecule has 0 amide bonds. The number of ether oxygens (including phenoxy) is 2. The fraction of sp³-hybridized carbons (Fsp3) is 1.00. The van der Waals surface area contributed by atoms with Crippen LogP contribution in [-0.4, -0.2) is 66.8 Å². The van der Waals surface area contributed by atoms with Crippen LogP contribution in [0, 0.1) is 0 Å². The molecular formula is C10H22O6S2. The van der Waals surface area contributed by atoms with Crippen molar-refractivity contribution < 1.29 is 26.3 Å². The van der Waals surface area contributed by atoms with Crippen molar-refractivity contribution in [3.8, 4) is 0 Å². The van der Waals surface area contributed by atoms with Gasteiger partial charge in [0.15, 0.2) is 9.84 Å². The van der Waals surface area contributed by atoms with Gasteiger partial charge in [0.25, 0.3) is 0 Å². The second-order valence-corrected chi connectivity index (χ2v) is 8.76. The lowest BCUT2D eigenvalue weighted by molar-refractivity contribution is 0.00935. The largest absolute Gasteiger partial charge is 0.379 e. The zero-order valence-electron chi connectivity index (χ0n) is 11.2. The Morgan fingerprint density at radius 3 is 2.00 bits per heavy atom. The third-order valence-corrected chi connectivity index (χ3v) is 5.11. The van der Waals surface area contributed by atoms with Crippen LogP contribution in [0.1, 0.15) is 13.3 Å². The van der Waals surface area contributed by atoms with Crippen LogP contribution in [0.25, 0.3) is 0 Å². The molecule has 2 unspecified atom stereocenters. The van der Waals surface area contributed by atoms with E-state index in [2.05, 4.69) is 0 Å². The Labute approximate surface area is 110 Å². The molecule has 0 aromatic rings. The maximum absolute atomic E-state index is 11.6. The Morgan fingerprint density at radius 2 is 1.67 bits per heavy atom. The highest BCUT2D eigenvalue weighted by Crippen LogP contribution is 2.12. The Kier molecular flexibility index (Phi) is 7.34. The number of hydrogen-bond acceptors (Lipinski definition) is 6. The maximum Gasteiger partial charge on any atom is 0.153 e. The van der Waals surface area contributed by atoms with Gasteiger partial charge in [-0.25, -0.2) is 16.8 Å². The van der Waals surface area contributed by atoms with E-state index >= 15 is 0 Å². The quantitative estimate of drug-likeness (QED) is 0.552. The van der Waals surface area contributed by atoms with E-state index in [0.29, 0.717) is 6.61 Å². The Morgan fingerprint density at radius 1 is 1.11 bits per heavy atom. The van der Waals surface area contributed by atoms with Gasteiger partial charge >= 0.3 is 0 Å². The summed E-state index contributed by atoms with van der Waals surface area (Å²) >= 11 is 0. The summed E-state index contributed by atoms with van der Waals surface area (Å²) in [5, 5.41) is -1.10. The van der Waals surface area contributed by atoms with Crippen molar-refractivity contribution in [3.63, 3.8) is 0 Å². The molecule has 0 aliphatic rings. The predicted octanol–water partition coefficient (Wildman–Crippen LogP) is -0.114. The lowest BCUT2D eigenvalue weighted by atomic mass is 10.3. The number of sulfone groups is 2. The normalized spacial score (nSPS) is 16.4. The van der Waals surface area contributed by atoms with Crippen LogP contribution in [0.3, 0.4) is 0 Å². The van der Waals surface area contributed by atoms with E-state index < -0.39 is 36.8 Å². The summed E-state index contributed by atoms with van der Waals surface area (Å²) in [5.41, 5.74) is 0. The van der Waals surface area contributed by atoms with Gasteiger partial charge in [-0.1, -0.05) is 6.92 Å². The molecule has 0 radical (unpaired) electrons. The lowest BCUT2D eigenvalue weighted by Crippen LogP contribution is -2.43. The van der Waals surface area contributed by atoms with Crippen LogP contribution in [0.5, 0.6) is 0 Å². The maximum atomic E-state index is 11.6. The molecule has 2 atom stereocenters. The molecule has 0 N–H and O–H groups in total. The molecule has 0 saturated heterocycles. The van der Waals surface area contributed by atoms with Crippen LogP contribution in [-0.2, 0) is 29.1 Å². The number of methoxy groups -OCH3 is 1. The second-order valence-electron chi connectivity index (χ2n) is 4.31. The van der Waals surface area contributed by atoms with Gasteiger partial charge in [0.2, 0.25) is 0 Å². The van der Waals surface area contributed by atoms with Crippen LogP contribution in [0.2, 0.25) is 0 Å². The summed E-state index contributed by atoms with van der Waals surface area (Å²) in [5.74, 6) is -0.459. The molecule has 0 fully saturated rings. The van der Waals surface area contributed by atoms with Crippen molar-refractivity contribution >= 4 is 19.7 Å². The Balaban J connectivity index is 4.92. The Hall–Kier alpha value is -0.180. The van der Waals surface area contributed by atoms with Crippen molar-refractivity contribution in [2.45, 2.75) is 24.7 Å². The standard InChI is InChI=1S/C10H22O6S2/c1-5-6-16-7-9(15-2)10(18(4,13)14)8-17(3,11)12/h9-10H,5-8H2,1-4H3. The monoisotopic (exact) mass is 302 g/mol. The van der Waals surface area contributed by atoms with E-state index in [4.69, 9.17) is 9.47 Å². The van der Waals surface area contributed by atoms with Crippen molar-refractivity contribution in [2.75, 3.05) is 38.6 Å². The molecule has 0 saturated carbocycles. The van der Waals surface area contributed by atoms with Gasteiger partial charge in [0.1, 0.15) is 15.1 Å². The van der Waals surface area contributed by atoms with E-state index in [-0.39, 0.29) is 6.61 Å². The minimum Gasteiger partial charge on any atom is -0.379 e. The third-order valence-electron chi connectivity index (χ3n) is 2.36. The zero-order valence-corrected chi connectivity index (χ0v) is 12.9. The molecule has 0 bridgehead atoms.